The van der Waals surface area contributed by atoms with Gasteiger partial charge in [-0.05, 0) is 0 Å². The molecule has 0 atom stereocenters. The molecule has 1 aromatic heterocycles. The lowest BCUT2D eigenvalue weighted by atomic mass is 10.4. The first kappa shape index (κ1) is 9.06. The molecule has 63 valence electrons. The van der Waals surface area contributed by atoms with Gasteiger partial charge in [-0.2, -0.15) is 4.57 Å². The van der Waals surface area contributed by atoms with E-state index < -0.39 is 0 Å². The molecule has 2 N–H and O–H groups in total. The molecule has 0 fully saturated rings. The van der Waals surface area contributed by atoms with E-state index in [1.807, 2.05) is 12.1 Å². The summed E-state index contributed by atoms with van der Waals surface area (Å²) >= 11 is 1.42. The van der Waals surface area contributed by atoms with Crippen LogP contribution in [0.15, 0.2) is 29.4 Å². The number of primary amides is 1. The number of hydrogen-bond acceptors (Lipinski definition) is 2. The van der Waals surface area contributed by atoms with E-state index in [2.05, 4.69) is 6.26 Å². The molecule has 0 saturated heterocycles. The van der Waals surface area contributed by atoms with E-state index in [0.29, 0.717) is 0 Å². The van der Waals surface area contributed by atoms with Gasteiger partial charge in [0.05, 0.1) is 0 Å². The lowest BCUT2D eigenvalue weighted by Crippen LogP contribution is -2.39. The van der Waals surface area contributed by atoms with Crippen LogP contribution in [-0.4, -0.2) is 5.91 Å². The Morgan fingerprint density at radius 2 is 2.17 bits per heavy atom. The van der Waals surface area contributed by atoms with Gasteiger partial charge in [-0.15, -0.1) is 11.8 Å². The summed E-state index contributed by atoms with van der Waals surface area (Å²) in [5, 5.41) is 0. The van der Waals surface area contributed by atoms with Crippen molar-refractivity contribution in [2.75, 3.05) is 0 Å². The number of rotatable bonds is 3. The molecule has 12 heavy (non-hydrogen) atoms. The molecule has 1 amide bonds. The fraction of sp³-hybridized carbons (Fsp3) is 0.125. The van der Waals surface area contributed by atoms with Crippen LogP contribution in [0.5, 0.6) is 0 Å². The van der Waals surface area contributed by atoms with Gasteiger partial charge >= 0.3 is 0 Å². The second-order valence-electron chi connectivity index (χ2n) is 2.32. The molecular formula is C8H10N2OS+. The van der Waals surface area contributed by atoms with E-state index in [1.165, 1.54) is 11.8 Å². The first-order chi connectivity index (χ1) is 5.72. The highest BCUT2D eigenvalue weighted by Crippen LogP contribution is 2.12. The Kier molecular flexibility index (Phi) is 3.10. The van der Waals surface area contributed by atoms with Crippen molar-refractivity contribution < 1.29 is 9.36 Å². The van der Waals surface area contributed by atoms with Crippen molar-refractivity contribution in [3.05, 3.63) is 30.8 Å². The highest BCUT2D eigenvalue weighted by atomic mass is 32.2. The van der Waals surface area contributed by atoms with Crippen molar-refractivity contribution in [3.63, 3.8) is 0 Å². The zero-order valence-electron chi connectivity index (χ0n) is 6.56. The number of nitrogens with two attached hydrogens (primary N) is 1. The molecule has 1 aromatic rings. The summed E-state index contributed by atoms with van der Waals surface area (Å²) in [5.74, 6) is -0.338. The molecule has 0 aliphatic rings. The zero-order valence-corrected chi connectivity index (χ0v) is 7.38. The summed E-state index contributed by atoms with van der Waals surface area (Å²) in [6, 6.07) is 3.78. The number of carbonyl (C=O) groups excluding carboxylic acids is 1. The van der Waals surface area contributed by atoms with Crippen molar-refractivity contribution in [2.45, 2.75) is 11.4 Å². The van der Waals surface area contributed by atoms with Crippen LogP contribution in [0.1, 0.15) is 0 Å². The summed E-state index contributed by atoms with van der Waals surface area (Å²) in [6.07, 6.45) is 7.27. The number of thioether (sulfide) groups is 1. The van der Waals surface area contributed by atoms with Gasteiger partial charge in [-0.1, -0.05) is 0 Å². The number of amides is 1. The molecule has 0 saturated carbocycles. The van der Waals surface area contributed by atoms with Crippen molar-refractivity contribution in [2.24, 2.45) is 5.73 Å². The van der Waals surface area contributed by atoms with Crippen LogP contribution in [-0.2, 0) is 11.3 Å². The lowest BCUT2D eigenvalue weighted by Gasteiger charge is -1.94. The minimum atomic E-state index is -0.338. The molecule has 0 aliphatic heterocycles. The summed E-state index contributed by atoms with van der Waals surface area (Å²) < 4.78 is 1.72. The minimum Gasteiger partial charge on any atom is -0.364 e. The van der Waals surface area contributed by atoms with Gasteiger partial charge in [0, 0.05) is 23.3 Å². The second-order valence-corrected chi connectivity index (χ2v) is 3.08. The van der Waals surface area contributed by atoms with Crippen molar-refractivity contribution in [3.8, 4) is 0 Å². The number of carbonyl (C=O) groups is 1. The van der Waals surface area contributed by atoms with E-state index in [0.717, 1.165) is 4.90 Å². The van der Waals surface area contributed by atoms with Crippen molar-refractivity contribution in [1.29, 1.82) is 0 Å². The normalized spacial score (nSPS) is 9.75. The third kappa shape index (κ3) is 2.54. The smallest absolute Gasteiger partial charge is 0.283 e. The molecule has 0 bridgehead atoms. The van der Waals surface area contributed by atoms with Gasteiger partial charge in [-0.3, -0.25) is 4.79 Å². The van der Waals surface area contributed by atoms with Crippen LogP contribution in [0.2, 0.25) is 0 Å². The topological polar surface area (TPSA) is 47.0 Å². The van der Waals surface area contributed by atoms with Gasteiger partial charge in [0.2, 0.25) is 6.54 Å². The Morgan fingerprint density at radius 3 is 2.58 bits per heavy atom. The van der Waals surface area contributed by atoms with E-state index in [1.54, 1.807) is 17.0 Å². The zero-order chi connectivity index (χ0) is 8.97. The van der Waals surface area contributed by atoms with E-state index >= 15 is 0 Å². The predicted octanol–water partition coefficient (Wildman–Crippen LogP) is 0.343. The average Bonchev–Trinajstić information content (AvgIpc) is 2.05. The largest absolute Gasteiger partial charge is 0.364 e. The van der Waals surface area contributed by atoms with Crippen molar-refractivity contribution >= 4 is 17.7 Å². The molecule has 3 nitrogen and oxygen atoms in total. The summed E-state index contributed by atoms with van der Waals surface area (Å²) in [6.45, 7) is 0.224. The minimum absolute atomic E-state index is 0.224. The maximum atomic E-state index is 10.5. The molecule has 1 radical (unpaired) electrons. The maximum absolute atomic E-state index is 10.5. The van der Waals surface area contributed by atoms with Gasteiger partial charge in [0.15, 0.2) is 12.4 Å². The SMILES string of the molecule is [CH2]Sc1cc[n+](CC(N)=O)cc1. The fourth-order valence-electron chi connectivity index (χ4n) is 0.825. The summed E-state index contributed by atoms with van der Waals surface area (Å²) in [4.78, 5) is 11.6. The first-order valence-corrected chi connectivity index (χ1v) is 4.40. The third-order valence-corrected chi connectivity index (χ3v) is 1.97. The first-order valence-electron chi connectivity index (χ1n) is 3.42. The fourth-order valence-corrected chi connectivity index (χ4v) is 1.14. The predicted molar refractivity (Wildman–Crippen MR) is 47.0 cm³/mol. The van der Waals surface area contributed by atoms with Gasteiger partial charge in [0.1, 0.15) is 0 Å². The van der Waals surface area contributed by atoms with Gasteiger partial charge < -0.3 is 5.73 Å². The number of hydrogen-bond donors (Lipinski definition) is 1. The van der Waals surface area contributed by atoms with Crippen LogP contribution >= 0.6 is 11.8 Å². The lowest BCUT2D eigenvalue weighted by molar-refractivity contribution is -0.684. The molecule has 0 unspecified atom stereocenters. The Labute approximate surface area is 75.6 Å². The molecular weight excluding hydrogens is 172 g/mol. The van der Waals surface area contributed by atoms with Gasteiger partial charge in [-0.25, -0.2) is 0 Å². The van der Waals surface area contributed by atoms with Crippen LogP contribution in [0.3, 0.4) is 0 Å². The van der Waals surface area contributed by atoms with E-state index in [9.17, 15) is 4.79 Å². The molecule has 1 rings (SSSR count). The van der Waals surface area contributed by atoms with E-state index in [4.69, 9.17) is 5.73 Å². The molecule has 1 heterocycles. The second kappa shape index (κ2) is 4.11. The molecule has 0 aromatic carbocycles. The molecule has 4 heteroatoms. The van der Waals surface area contributed by atoms with Crippen molar-refractivity contribution in [1.82, 2.24) is 0 Å². The highest BCUT2D eigenvalue weighted by Gasteiger charge is 2.03. The quantitative estimate of drug-likeness (QED) is 0.541. The maximum Gasteiger partial charge on any atom is 0.283 e. The summed E-state index contributed by atoms with van der Waals surface area (Å²) in [5.41, 5.74) is 5.02. The highest BCUT2D eigenvalue weighted by molar-refractivity contribution is 8.00. The number of pyridine rings is 1. The van der Waals surface area contributed by atoms with E-state index in [-0.39, 0.29) is 12.5 Å². The third-order valence-electron chi connectivity index (χ3n) is 1.37. The van der Waals surface area contributed by atoms with Gasteiger partial charge in [0.25, 0.3) is 5.91 Å². The Morgan fingerprint density at radius 1 is 1.58 bits per heavy atom. The number of aromatic nitrogens is 1. The standard InChI is InChI=1S/C8H9N2OS/c1-12-7-2-4-10(5-3-7)6-8(9)11/h2-5H,1,6H2,(H-,9,11)/p+1. The molecule has 0 spiro atoms. The van der Waals surface area contributed by atoms with Crippen LogP contribution in [0, 0.1) is 6.26 Å². The average molecular weight is 182 g/mol. The number of nitrogens with zero attached hydrogens (tertiary/aromatic N) is 1. The van der Waals surface area contributed by atoms with Crippen LogP contribution < -0.4 is 10.3 Å². The van der Waals surface area contributed by atoms with Crippen LogP contribution in [0.25, 0.3) is 0 Å². The van der Waals surface area contributed by atoms with Crippen LogP contribution in [0.4, 0.5) is 0 Å². The molecule has 0 aliphatic carbocycles. The monoisotopic (exact) mass is 182 g/mol. The Bertz CT molecular complexity index is 271. The summed E-state index contributed by atoms with van der Waals surface area (Å²) in [7, 11) is 0. The Hall–Kier alpha value is -1.03. The Balaban J connectivity index is 2.71.